The fraction of sp³-hybridized carbons (Fsp3) is 0.154. The van der Waals surface area contributed by atoms with Gasteiger partial charge in [-0.3, -0.25) is 10.1 Å². The Hall–Kier alpha value is -3.75. The molecule has 3 amide bonds. The van der Waals surface area contributed by atoms with Crippen LogP contribution in [-0.2, 0) is 17.6 Å². The maximum absolute atomic E-state index is 13.2. The normalized spacial score (nSPS) is 11.5. The predicted octanol–water partition coefficient (Wildman–Crippen LogP) is 5.79. The summed E-state index contributed by atoms with van der Waals surface area (Å²) >= 11 is 7.30. The van der Waals surface area contributed by atoms with Crippen LogP contribution in [0.4, 0.5) is 15.6 Å². The first kappa shape index (κ1) is 24.4. The van der Waals surface area contributed by atoms with E-state index in [1.165, 1.54) is 11.3 Å². The summed E-state index contributed by atoms with van der Waals surface area (Å²) in [6.07, 6.45) is 1.09. The van der Waals surface area contributed by atoms with Gasteiger partial charge in [-0.2, -0.15) is 0 Å². The maximum atomic E-state index is 13.2. The van der Waals surface area contributed by atoms with Crippen LogP contribution in [0.25, 0.3) is 10.6 Å². The molecule has 3 aromatic carbocycles. The van der Waals surface area contributed by atoms with Crippen LogP contribution < -0.4 is 16.0 Å². The minimum absolute atomic E-state index is 0.315. The van der Waals surface area contributed by atoms with Gasteiger partial charge in [0, 0.05) is 22.7 Å². The number of carbonyl (C=O) groups is 2. The molecule has 1 heterocycles. The summed E-state index contributed by atoms with van der Waals surface area (Å²) in [7, 11) is 0. The summed E-state index contributed by atoms with van der Waals surface area (Å²) in [6.45, 7) is 2.02. The van der Waals surface area contributed by atoms with Crippen LogP contribution in [0.2, 0.25) is 5.02 Å². The van der Waals surface area contributed by atoms with Gasteiger partial charge in [-0.15, -0.1) is 10.2 Å². The smallest absolute Gasteiger partial charge is 0.319 e. The van der Waals surface area contributed by atoms with Crippen LogP contribution in [0.3, 0.4) is 0 Å². The molecule has 0 aliphatic carbocycles. The number of anilines is 2. The zero-order chi connectivity index (χ0) is 24.6. The molecule has 35 heavy (non-hydrogen) atoms. The number of nitrogens with one attached hydrogen (secondary N) is 3. The van der Waals surface area contributed by atoms with Crippen LogP contribution in [0.1, 0.15) is 18.1 Å². The Morgan fingerprint density at radius 2 is 1.71 bits per heavy atom. The lowest BCUT2D eigenvalue weighted by atomic mass is 10.1. The number of benzene rings is 3. The van der Waals surface area contributed by atoms with Gasteiger partial charge >= 0.3 is 6.03 Å². The Balaban J connectivity index is 1.49. The first-order valence-electron chi connectivity index (χ1n) is 11.1. The molecule has 0 unspecified atom stereocenters. The van der Waals surface area contributed by atoms with E-state index in [-0.39, 0.29) is 5.91 Å². The predicted molar refractivity (Wildman–Crippen MR) is 141 cm³/mol. The molecule has 4 rings (SSSR count). The summed E-state index contributed by atoms with van der Waals surface area (Å²) in [4.78, 5) is 26.0. The van der Waals surface area contributed by atoms with Crippen molar-refractivity contribution in [2.45, 2.75) is 25.8 Å². The Bertz CT molecular complexity index is 1310. The number of rotatable bonds is 8. The second-order valence-corrected chi connectivity index (χ2v) is 9.18. The van der Waals surface area contributed by atoms with Crippen molar-refractivity contribution < 1.29 is 9.59 Å². The van der Waals surface area contributed by atoms with Gasteiger partial charge in [0.25, 0.3) is 0 Å². The van der Waals surface area contributed by atoms with E-state index in [1.54, 1.807) is 12.1 Å². The molecule has 0 aliphatic heterocycles. The molecular formula is C26H24ClN5O2S. The largest absolute Gasteiger partial charge is 0.326 e. The van der Waals surface area contributed by atoms with Crippen molar-refractivity contribution >= 4 is 45.7 Å². The highest BCUT2D eigenvalue weighted by molar-refractivity contribution is 7.18. The van der Waals surface area contributed by atoms with Gasteiger partial charge in [0.05, 0.1) is 0 Å². The van der Waals surface area contributed by atoms with Crippen molar-refractivity contribution in [2.24, 2.45) is 0 Å². The Morgan fingerprint density at radius 3 is 2.49 bits per heavy atom. The van der Waals surface area contributed by atoms with Crippen molar-refractivity contribution in [2.75, 3.05) is 10.6 Å². The fourth-order valence-corrected chi connectivity index (χ4v) is 4.46. The third-order valence-corrected chi connectivity index (χ3v) is 6.40. The second-order valence-electron chi connectivity index (χ2n) is 7.76. The van der Waals surface area contributed by atoms with E-state index in [2.05, 4.69) is 26.1 Å². The molecule has 0 fully saturated rings. The summed E-state index contributed by atoms with van der Waals surface area (Å²) in [5, 5.41) is 18.3. The monoisotopic (exact) mass is 505 g/mol. The van der Waals surface area contributed by atoms with Crippen molar-refractivity contribution in [3.05, 3.63) is 95.0 Å². The Kier molecular flexibility index (Phi) is 8.07. The van der Waals surface area contributed by atoms with Gasteiger partial charge in [-0.25, -0.2) is 4.79 Å². The first-order valence-corrected chi connectivity index (χ1v) is 12.3. The number of hydrogen-bond donors (Lipinski definition) is 3. The standard InChI is InChI=1S/C26H24ClN5O2S/c1-2-18-11-6-7-14-21(18)28-25(34)29-22(15-17-9-4-3-5-10-17)23(33)30-26-32-31-24(35-26)19-12-8-13-20(27)16-19/h3-14,16,22H,2,15H2,1H3,(H2,28,29,34)(H,30,32,33)/t22-/m0/s1. The van der Waals surface area contributed by atoms with E-state index in [1.807, 2.05) is 73.7 Å². The Labute approximate surface area is 212 Å². The van der Waals surface area contributed by atoms with Gasteiger partial charge in [0.15, 0.2) is 0 Å². The van der Waals surface area contributed by atoms with Crippen molar-refractivity contribution in [3.63, 3.8) is 0 Å². The van der Waals surface area contributed by atoms with E-state index in [0.29, 0.717) is 27.3 Å². The number of halogens is 1. The Morgan fingerprint density at radius 1 is 0.943 bits per heavy atom. The topological polar surface area (TPSA) is 96.0 Å². The number of carbonyl (C=O) groups excluding carboxylic acids is 2. The lowest BCUT2D eigenvalue weighted by Crippen LogP contribution is -2.47. The number of amides is 3. The molecule has 0 bridgehead atoms. The minimum Gasteiger partial charge on any atom is -0.326 e. The second kappa shape index (κ2) is 11.6. The maximum Gasteiger partial charge on any atom is 0.319 e. The van der Waals surface area contributed by atoms with Crippen LogP contribution in [-0.4, -0.2) is 28.2 Å². The third kappa shape index (κ3) is 6.65. The van der Waals surface area contributed by atoms with Gasteiger partial charge in [0.1, 0.15) is 11.0 Å². The zero-order valence-corrected chi connectivity index (χ0v) is 20.6. The zero-order valence-electron chi connectivity index (χ0n) is 19.0. The average Bonchev–Trinajstić information content (AvgIpc) is 3.33. The van der Waals surface area contributed by atoms with Gasteiger partial charge < -0.3 is 10.6 Å². The SMILES string of the molecule is CCc1ccccc1NC(=O)N[C@@H](Cc1ccccc1)C(=O)Nc1nnc(-c2cccc(Cl)c2)s1. The molecule has 0 saturated carbocycles. The molecule has 0 aliphatic rings. The van der Waals surface area contributed by atoms with Crippen LogP contribution in [0.15, 0.2) is 78.9 Å². The van der Waals surface area contributed by atoms with E-state index in [0.717, 1.165) is 23.1 Å². The molecule has 9 heteroatoms. The third-order valence-electron chi connectivity index (χ3n) is 5.28. The molecular weight excluding hydrogens is 482 g/mol. The van der Waals surface area contributed by atoms with Gasteiger partial charge in [-0.1, -0.05) is 90.5 Å². The van der Waals surface area contributed by atoms with E-state index in [9.17, 15) is 9.59 Å². The van der Waals surface area contributed by atoms with E-state index in [4.69, 9.17) is 11.6 Å². The lowest BCUT2D eigenvalue weighted by molar-refractivity contribution is -0.117. The average molecular weight is 506 g/mol. The van der Waals surface area contributed by atoms with E-state index < -0.39 is 12.1 Å². The van der Waals surface area contributed by atoms with Gasteiger partial charge in [0.2, 0.25) is 11.0 Å². The molecule has 1 atom stereocenters. The first-order chi connectivity index (χ1) is 17.0. The number of aryl methyl sites for hydroxylation is 1. The molecule has 3 N–H and O–H groups in total. The van der Waals surface area contributed by atoms with Crippen molar-refractivity contribution in [1.82, 2.24) is 15.5 Å². The van der Waals surface area contributed by atoms with Crippen molar-refractivity contribution in [1.29, 1.82) is 0 Å². The highest BCUT2D eigenvalue weighted by Gasteiger charge is 2.23. The van der Waals surface area contributed by atoms with Crippen LogP contribution >= 0.6 is 22.9 Å². The van der Waals surface area contributed by atoms with Gasteiger partial charge in [-0.05, 0) is 35.7 Å². The fourth-order valence-electron chi connectivity index (χ4n) is 3.53. The molecule has 1 aromatic heterocycles. The molecule has 0 spiro atoms. The summed E-state index contributed by atoms with van der Waals surface area (Å²) in [5.74, 6) is -0.387. The summed E-state index contributed by atoms with van der Waals surface area (Å²) in [5.41, 5.74) is 3.44. The quantitative estimate of drug-likeness (QED) is 0.282. The minimum atomic E-state index is -0.829. The molecule has 0 radical (unpaired) electrons. The number of urea groups is 1. The van der Waals surface area contributed by atoms with Crippen molar-refractivity contribution in [3.8, 4) is 10.6 Å². The lowest BCUT2D eigenvalue weighted by Gasteiger charge is -2.19. The molecule has 178 valence electrons. The molecule has 0 saturated heterocycles. The number of para-hydroxylation sites is 1. The summed E-state index contributed by atoms with van der Waals surface area (Å²) < 4.78 is 0. The highest BCUT2D eigenvalue weighted by atomic mass is 35.5. The highest BCUT2D eigenvalue weighted by Crippen LogP contribution is 2.28. The van der Waals surface area contributed by atoms with Crippen LogP contribution in [0, 0.1) is 0 Å². The van der Waals surface area contributed by atoms with Crippen LogP contribution in [0.5, 0.6) is 0 Å². The molecule has 4 aromatic rings. The number of nitrogens with zero attached hydrogens (tertiary/aromatic N) is 2. The summed E-state index contributed by atoms with van der Waals surface area (Å²) in [6, 6.07) is 23.1. The number of aromatic nitrogens is 2. The van der Waals surface area contributed by atoms with E-state index >= 15 is 0 Å². The molecule has 7 nitrogen and oxygen atoms in total. The number of hydrogen-bond acceptors (Lipinski definition) is 5.